The first-order chi connectivity index (χ1) is 13.9. The molecule has 0 unspecified atom stereocenters. The van der Waals surface area contributed by atoms with Gasteiger partial charge in [-0.15, -0.1) is 24.0 Å². The Morgan fingerprint density at radius 2 is 1.67 bits per heavy atom. The number of carbonyl (C=O) groups excluding carboxylic acids is 2. The summed E-state index contributed by atoms with van der Waals surface area (Å²) in [5.74, 6) is 0.798. The van der Waals surface area contributed by atoms with Crippen LogP contribution in [0.15, 0.2) is 29.3 Å². The molecule has 2 N–H and O–H groups in total. The molecule has 1 aliphatic rings. The third kappa shape index (κ3) is 8.00. The zero-order valence-electron chi connectivity index (χ0n) is 18.3. The number of nitrogens with zero attached hydrogens (tertiary/aromatic N) is 3. The minimum atomic E-state index is -0.251. The first-order valence-corrected chi connectivity index (χ1v) is 10.3. The molecule has 1 saturated heterocycles. The zero-order valence-corrected chi connectivity index (χ0v) is 20.6. The minimum Gasteiger partial charge on any atom is -0.450 e. The Bertz CT molecular complexity index is 701. The van der Waals surface area contributed by atoms with Crippen molar-refractivity contribution in [3.63, 3.8) is 0 Å². The zero-order chi connectivity index (χ0) is 21.2. The number of nitrogens with one attached hydrogen (secondary N) is 2. The first-order valence-electron chi connectivity index (χ1n) is 10.3. The molecule has 1 aromatic rings. The summed E-state index contributed by atoms with van der Waals surface area (Å²) < 4.78 is 5.07. The van der Waals surface area contributed by atoms with Crippen molar-refractivity contribution in [1.29, 1.82) is 0 Å². The molecule has 2 rings (SSSR count). The number of anilines is 1. The van der Waals surface area contributed by atoms with Crippen LogP contribution in [0.3, 0.4) is 0 Å². The maximum absolute atomic E-state index is 11.9. The lowest BCUT2D eigenvalue weighted by Gasteiger charge is -2.35. The van der Waals surface area contributed by atoms with Crippen LogP contribution in [-0.2, 0) is 16.1 Å². The molecule has 9 heteroatoms. The van der Waals surface area contributed by atoms with E-state index in [9.17, 15) is 9.59 Å². The van der Waals surface area contributed by atoms with Crippen molar-refractivity contribution < 1.29 is 14.3 Å². The minimum absolute atomic E-state index is 0. The molecule has 0 atom stereocenters. The van der Waals surface area contributed by atoms with Gasteiger partial charge in [0.15, 0.2) is 5.96 Å². The van der Waals surface area contributed by atoms with Crippen molar-refractivity contribution in [3.05, 3.63) is 29.8 Å². The van der Waals surface area contributed by atoms with Crippen molar-refractivity contribution >= 4 is 47.6 Å². The van der Waals surface area contributed by atoms with Crippen molar-refractivity contribution in [2.24, 2.45) is 10.9 Å². The van der Waals surface area contributed by atoms with E-state index in [1.807, 2.05) is 52.0 Å². The van der Waals surface area contributed by atoms with Gasteiger partial charge in [-0.1, -0.05) is 26.0 Å². The number of amides is 2. The monoisotopic (exact) mass is 531 g/mol. The molecule has 168 valence electrons. The van der Waals surface area contributed by atoms with Crippen LogP contribution in [-0.4, -0.2) is 67.1 Å². The average Bonchev–Trinajstić information content (AvgIpc) is 2.72. The van der Waals surface area contributed by atoms with Gasteiger partial charge in [-0.3, -0.25) is 4.79 Å². The van der Waals surface area contributed by atoms with Gasteiger partial charge in [0, 0.05) is 44.3 Å². The van der Waals surface area contributed by atoms with E-state index in [1.165, 1.54) is 0 Å². The number of rotatable bonds is 6. The van der Waals surface area contributed by atoms with Crippen LogP contribution >= 0.6 is 24.0 Å². The third-order valence-electron chi connectivity index (χ3n) is 4.60. The summed E-state index contributed by atoms with van der Waals surface area (Å²) in [6, 6.07) is 7.75. The van der Waals surface area contributed by atoms with Gasteiger partial charge in [0.25, 0.3) is 0 Å². The van der Waals surface area contributed by atoms with Gasteiger partial charge < -0.3 is 25.2 Å². The fourth-order valence-electron chi connectivity index (χ4n) is 2.89. The smallest absolute Gasteiger partial charge is 0.409 e. The molecule has 0 aliphatic carbocycles. The second-order valence-electron chi connectivity index (χ2n) is 7.18. The number of ether oxygens (including phenoxy) is 1. The van der Waals surface area contributed by atoms with E-state index in [-0.39, 0.29) is 41.9 Å². The summed E-state index contributed by atoms with van der Waals surface area (Å²) in [5, 5.41) is 6.22. The molecule has 8 nitrogen and oxygen atoms in total. The van der Waals surface area contributed by atoms with E-state index in [0.717, 1.165) is 23.8 Å². The predicted octanol–water partition coefficient (Wildman–Crippen LogP) is 3.14. The molecule has 0 saturated carbocycles. The fourth-order valence-corrected chi connectivity index (χ4v) is 2.89. The molecule has 0 radical (unpaired) electrons. The highest BCUT2D eigenvalue weighted by molar-refractivity contribution is 14.0. The summed E-state index contributed by atoms with van der Waals surface area (Å²) in [6.45, 7) is 12.0. The number of hydrogen-bond acceptors (Lipinski definition) is 4. The average molecular weight is 531 g/mol. The van der Waals surface area contributed by atoms with Crippen LogP contribution in [0.2, 0.25) is 0 Å². The number of halogens is 1. The van der Waals surface area contributed by atoms with Crippen LogP contribution in [0.25, 0.3) is 0 Å². The lowest BCUT2D eigenvalue weighted by Crippen LogP contribution is -2.53. The maximum Gasteiger partial charge on any atom is 0.409 e. The molecule has 1 aliphatic heterocycles. The van der Waals surface area contributed by atoms with Crippen molar-refractivity contribution in [1.82, 2.24) is 15.1 Å². The SMILES string of the molecule is CCNC(=NCc1ccc(NC(=O)C(C)C)cc1)N1CCN(C(=O)OCC)CC1.I. The summed E-state index contributed by atoms with van der Waals surface area (Å²) in [6.07, 6.45) is -0.251. The highest BCUT2D eigenvalue weighted by Crippen LogP contribution is 2.12. The molecule has 0 aromatic heterocycles. The molecule has 0 spiro atoms. The van der Waals surface area contributed by atoms with Gasteiger partial charge in [-0.25, -0.2) is 9.79 Å². The molecular weight excluding hydrogens is 497 g/mol. The topological polar surface area (TPSA) is 86.3 Å². The standard InChI is InChI=1S/C21H33N5O3.HI/c1-5-22-20(25-11-13-26(14-12-25)21(28)29-6-2)23-15-17-7-9-18(10-8-17)24-19(27)16(3)4;/h7-10,16H,5-6,11-15H2,1-4H3,(H,22,23)(H,24,27);1H. The number of aliphatic imine (C=N–C) groups is 1. The van der Waals surface area contributed by atoms with E-state index in [1.54, 1.807) is 4.90 Å². The van der Waals surface area contributed by atoms with Crippen LogP contribution in [0.4, 0.5) is 10.5 Å². The van der Waals surface area contributed by atoms with Crippen molar-refractivity contribution in [2.45, 2.75) is 34.2 Å². The summed E-state index contributed by atoms with van der Waals surface area (Å²) in [7, 11) is 0. The largest absolute Gasteiger partial charge is 0.450 e. The van der Waals surface area contributed by atoms with Gasteiger partial charge >= 0.3 is 6.09 Å². The summed E-state index contributed by atoms with van der Waals surface area (Å²) in [4.78, 5) is 32.3. The Kier molecular flexibility index (Phi) is 11.5. The van der Waals surface area contributed by atoms with Gasteiger partial charge in [0.1, 0.15) is 0 Å². The maximum atomic E-state index is 11.9. The number of benzene rings is 1. The van der Waals surface area contributed by atoms with E-state index in [4.69, 9.17) is 9.73 Å². The number of piperazine rings is 1. The number of carbonyl (C=O) groups is 2. The van der Waals surface area contributed by atoms with E-state index in [2.05, 4.69) is 15.5 Å². The molecule has 1 fully saturated rings. The van der Waals surface area contributed by atoms with Crippen molar-refractivity contribution in [2.75, 3.05) is 44.6 Å². The Balaban J connectivity index is 0.00000450. The molecule has 1 aromatic carbocycles. The van der Waals surface area contributed by atoms with Gasteiger partial charge in [-0.2, -0.15) is 0 Å². The predicted molar refractivity (Wildman–Crippen MR) is 130 cm³/mol. The summed E-state index contributed by atoms with van der Waals surface area (Å²) in [5.41, 5.74) is 1.85. The lowest BCUT2D eigenvalue weighted by atomic mass is 10.1. The van der Waals surface area contributed by atoms with E-state index in [0.29, 0.717) is 39.3 Å². The third-order valence-corrected chi connectivity index (χ3v) is 4.60. The quantitative estimate of drug-likeness (QED) is 0.335. The Labute approximate surface area is 196 Å². The lowest BCUT2D eigenvalue weighted by molar-refractivity contribution is -0.118. The molecule has 1 heterocycles. The molecule has 2 amide bonds. The Hall–Kier alpha value is -2.04. The van der Waals surface area contributed by atoms with Crippen LogP contribution in [0.1, 0.15) is 33.3 Å². The Morgan fingerprint density at radius 1 is 1.07 bits per heavy atom. The second-order valence-corrected chi connectivity index (χ2v) is 7.18. The normalized spacial score (nSPS) is 14.2. The van der Waals surface area contributed by atoms with Gasteiger partial charge in [0.2, 0.25) is 5.91 Å². The number of hydrogen-bond donors (Lipinski definition) is 2. The van der Waals surface area contributed by atoms with Gasteiger partial charge in [-0.05, 0) is 31.5 Å². The highest BCUT2D eigenvalue weighted by Gasteiger charge is 2.23. The fraction of sp³-hybridized carbons (Fsp3) is 0.571. The van der Waals surface area contributed by atoms with Crippen LogP contribution in [0.5, 0.6) is 0 Å². The van der Waals surface area contributed by atoms with Crippen molar-refractivity contribution in [3.8, 4) is 0 Å². The second kappa shape index (κ2) is 13.3. The molecular formula is C21H34IN5O3. The highest BCUT2D eigenvalue weighted by atomic mass is 127. The van der Waals surface area contributed by atoms with Crippen LogP contribution < -0.4 is 10.6 Å². The first kappa shape index (κ1) is 26.0. The van der Waals surface area contributed by atoms with Gasteiger partial charge in [0.05, 0.1) is 13.2 Å². The molecule has 30 heavy (non-hydrogen) atoms. The van der Waals surface area contributed by atoms with E-state index >= 15 is 0 Å². The van der Waals surface area contributed by atoms with E-state index < -0.39 is 0 Å². The Morgan fingerprint density at radius 3 is 2.20 bits per heavy atom. The van der Waals surface area contributed by atoms with Crippen LogP contribution in [0, 0.1) is 5.92 Å². The number of guanidine groups is 1. The molecule has 0 bridgehead atoms. The summed E-state index contributed by atoms with van der Waals surface area (Å²) >= 11 is 0.